The minimum Gasteiger partial charge on any atom is -0.383 e. The SMILES string of the molecule is CCN1CCC(CCNC(=O)NCC(C)(O)c2cnn(C)c2)CC1. The van der Waals surface area contributed by atoms with Crippen LogP contribution in [0.25, 0.3) is 0 Å². The van der Waals surface area contributed by atoms with Crippen LogP contribution in [0.2, 0.25) is 0 Å². The van der Waals surface area contributed by atoms with Crippen molar-refractivity contribution in [3.05, 3.63) is 18.0 Å². The maximum atomic E-state index is 11.9. The van der Waals surface area contributed by atoms with Gasteiger partial charge in [0, 0.05) is 25.4 Å². The van der Waals surface area contributed by atoms with Crippen molar-refractivity contribution in [2.24, 2.45) is 13.0 Å². The highest BCUT2D eigenvalue weighted by atomic mass is 16.3. The van der Waals surface area contributed by atoms with E-state index >= 15 is 0 Å². The third-order valence-electron chi connectivity index (χ3n) is 4.91. The molecule has 0 aliphatic carbocycles. The van der Waals surface area contributed by atoms with E-state index in [-0.39, 0.29) is 12.6 Å². The minimum absolute atomic E-state index is 0.152. The van der Waals surface area contributed by atoms with Crippen LogP contribution in [0.4, 0.5) is 4.79 Å². The summed E-state index contributed by atoms with van der Waals surface area (Å²) in [5.41, 5.74) is -0.438. The zero-order chi connectivity index (χ0) is 17.6. The molecule has 1 aromatic rings. The summed E-state index contributed by atoms with van der Waals surface area (Å²) in [7, 11) is 1.80. The number of nitrogens with zero attached hydrogens (tertiary/aromatic N) is 3. The fourth-order valence-electron chi connectivity index (χ4n) is 3.10. The van der Waals surface area contributed by atoms with Gasteiger partial charge in [-0.1, -0.05) is 6.92 Å². The Labute approximate surface area is 144 Å². The number of urea groups is 1. The molecule has 0 saturated carbocycles. The number of aryl methyl sites for hydroxylation is 1. The normalized spacial score (nSPS) is 19.0. The molecule has 1 fully saturated rings. The number of carbonyl (C=O) groups is 1. The van der Waals surface area contributed by atoms with Crippen LogP contribution in [0.5, 0.6) is 0 Å². The highest BCUT2D eigenvalue weighted by Gasteiger charge is 2.25. The molecule has 0 radical (unpaired) electrons. The lowest BCUT2D eigenvalue weighted by molar-refractivity contribution is 0.0593. The van der Waals surface area contributed by atoms with Crippen LogP contribution in [-0.2, 0) is 12.6 Å². The molecule has 7 nitrogen and oxygen atoms in total. The predicted octanol–water partition coefficient (Wildman–Crippen LogP) is 1.05. The summed E-state index contributed by atoms with van der Waals surface area (Å²) in [4.78, 5) is 14.4. The highest BCUT2D eigenvalue weighted by Crippen LogP contribution is 2.20. The van der Waals surface area contributed by atoms with Crippen LogP contribution in [0.15, 0.2) is 12.4 Å². The van der Waals surface area contributed by atoms with E-state index in [2.05, 4.69) is 27.6 Å². The molecule has 3 N–H and O–H groups in total. The molecule has 1 saturated heterocycles. The predicted molar refractivity (Wildman–Crippen MR) is 93.6 cm³/mol. The van der Waals surface area contributed by atoms with E-state index in [9.17, 15) is 9.90 Å². The molecule has 0 bridgehead atoms. The lowest BCUT2D eigenvalue weighted by atomic mass is 9.93. The van der Waals surface area contributed by atoms with E-state index in [1.807, 2.05) is 0 Å². The van der Waals surface area contributed by atoms with Crippen molar-refractivity contribution in [2.75, 3.05) is 32.7 Å². The molecule has 0 spiro atoms. The fourth-order valence-corrected chi connectivity index (χ4v) is 3.10. The summed E-state index contributed by atoms with van der Waals surface area (Å²) in [6.45, 7) is 8.17. The number of hydrogen-bond donors (Lipinski definition) is 3. The Morgan fingerprint density at radius 1 is 1.42 bits per heavy atom. The molecular formula is C17H31N5O2. The van der Waals surface area contributed by atoms with Crippen molar-refractivity contribution in [3.8, 4) is 0 Å². The average molecular weight is 337 g/mol. The number of carbonyl (C=O) groups excluding carboxylic acids is 1. The van der Waals surface area contributed by atoms with E-state index in [0.29, 0.717) is 18.0 Å². The average Bonchev–Trinajstić information content (AvgIpc) is 3.01. The third kappa shape index (κ3) is 5.49. The van der Waals surface area contributed by atoms with Crippen LogP contribution >= 0.6 is 0 Å². The number of likely N-dealkylation sites (tertiary alicyclic amines) is 1. The van der Waals surface area contributed by atoms with E-state index < -0.39 is 5.60 Å². The van der Waals surface area contributed by atoms with Gasteiger partial charge in [0.25, 0.3) is 0 Å². The Hall–Kier alpha value is -1.60. The molecule has 24 heavy (non-hydrogen) atoms. The molecule has 1 atom stereocenters. The van der Waals surface area contributed by atoms with Crippen molar-refractivity contribution in [1.29, 1.82) is 0 Å². The maximum absolute atomic E-state index is 11.9. The first-order valence-corrected chi connectivity index (χ1v) is 8.86. The molecule has 7 heteroatoms. The van der Waals surface area contributed by atoms with Gasteiger partial charge in [0.2, 0.25) is 0 Å². The highest BCUT2D eigenvalue weighted by molar-refractivity contribution is 5.73. The summed E-state index contributed by atoms with van der Waals surface area (Å²) < 4.78 is 1.63. The molecule has 0 aromatic carbocycles. The van der Waals surface area contributed by atoms with Gasteiger partial charge in [0.05, 0.1) is 12.7 Å². The van der Waals surface area contributed by atoms with Gasteiger partial charge in [0.1, 0.15) is 5.60 Å². The fraction of sp³-hybridized carbons (Fsp3) is 0.765. The Morgan fingerprint density at radius 3 is 2.71 bits per heavy atom. The molecule has 1 unspecified atom stereocenters. The monoisotopic (exact) mass is 337 g/mol. The number of piperidine rings is 1. The van der Waals surface area contributed by atoms with E-state index in [4.69, 9.17) is 0 Å². The first kappa shape index (κ1) is 18.7. The van der Waals surface area contributed by atoms with Crippen molar-refractivity contribution >= 4 is 6.03 Å². The van der Waals surface area contributed by atoms with Crippen molar-refractivity contribution in [2.45, 2.75) is 38.7 Å². The van der Waals surface area contributed by atoms with Gasteiger partial charge in [-0.2, -0.15) is 5.10 Å². The van der Waals surface area contributed by atoms with Crippen molar-refractivity contribution in [3.63, 3.8) is 0 Å². The summed E-state index contributed by atoms with van der Waals surface area (Å²) >= 11 is 0. The Balaban J connectivity index is 1.63. The third-order valence-corrected chi connectivity index (χ3v) is 4.91. The van der Waals surface area contributed by atoms with Gasteiger partial charge in [-0.3, -0.25) is 4.68 Å². The smallest absolute Gasteiger partial charge is 0.314 e. The first-order valence-electron chi connectivity index (χ1n) is 8.86. The Bertz CT molecular complexity index is 521. The van der Waals surface area contributed by atoms with Crippen LogP contribution < -0.4 is 10.6 Å². The van der Waals surface area contributed by atoms with Gasteiger partial charge < -0.3 is 20.6 Å². The Kier molecular flexibility index (Phi) is 6.62. The first-order chi connectivity index (χ1) is 11.4. The summed E-state index contributed by atoms with van der Waals surface area (Å²) in [5.74, 6) is 0.701. The second kappa shape index (κ2) is 8.48. The van der Waals surface area contributed by atoms with Crippen LogP contribution in [0.3, 0.4) is 0 Å². The summed E-state index contributed by atoms with van der Waals surface area (Å²) in [5, 5.41) is 20.1. The standard InChI is InChI=1S/C17H31N5O2/c1-4-22-9-6-14(7-10-22)5-8-18-16(23)19-13-17(2,24)15-11-20-21(3)12-15/h11-12,14,24H,4-10,13H2,1-3H3,(H2,18,19,23). The largest absolute Gasteiger partial charge is 0.383 e. The van der Waals surface area contributed by atoms with Crippen LogP contribution in [0.1, 0.15) is 38.7 Å². The van der Waals surface area contributed by atoms with Gasteiger partial charge in [-0.15, -0.1) is 0 Å². The molecule has 2 amide bonds. The van der Waals surface area contributed by atoms with Gasteiger partial charge in [0.15, 0.2) is 0 Å². The molecule has 1 aromatic heterocycles. The molecular weight excluding hydrogens is 306 g/mol. The maximum Gasteiger partial charge on any atom is 0.314 e. The second-order valence-corrected chi connectivity index (χ2v) is 6.95. The number of rotatable bonds is 7. The van der Waals surface area contributed by atoms with E-state index in [0.717, 1.165) is 13.0 Å². The molecule has 2 heterocycles. The molecule has 2 rings (SSSR count). The number of aromatic nitrogens is 2. The molecule has 1 aliphatic heterocycles. The Morgan fingerprint density at radius 2 is 2.12 bits per heavy atom. The summed E-state index contributed by atoms with van der Waals surface area (Å²) in [6, 6.07) is -0.231. The zero-order valence-electron chi connectivity index (χ0n) is 15.1. The van der Waals surface area contributed by atoms with Gasteiger partial charge >= 0.3 is 6.03 Å². The van der Waals surface area contributed by atoms with E-state index in [1.54, 1.807) is 31.0 Å². The van der Waals surface area contributed by atoms with Gasteiger partial charge in [-0.25, -0.2) is 4.79 Å². The summed E-state index contributed by atoms with van der Waals surface area (Å²) in [6.07, 6.45) is 6.81. The molecule has 136 valence electrons. The quantitative estimate of drug-likeness (QED) is 0.694. The molecule has 1 aliphatic rings. The van der Waals surface area contributed by atoms with Crippen molar-refractivity contribution in [1.82, 2.24) is 25.3 Å². The zero-order valence-corrected chi connectivity index (χ0v) is 15.1. The second-order valence-electron chi connectivity index (χ2n) is 6.95. The lowest BCUT2D eigenvalue weighted by Crippen LogP contribution is -2.44. The number of nitrogens with one attached hydrogen (secondary N) is 2. The van der Waals surface area contributed by atoms with Gasteiger partial charge in [-0.05, 0) is 51.7 Å². The van der Waals surface area contributed by atoms with Crippen LogP contribution in [0, 0.1) is 5.92 Å². The number of aliphatic hydroxyl groups is 1. The number of amides is 2. The lowest BCUT2D eigenvalue weighted by Gasteiger charge is -2.31. The van der Waals surface area contributed by atoms with Crippen LogP contribution in [-0.4, -0.2) is 58.5 Å². The topological polar surface area (TPSA) is 82.4 Å². The van der Waals surface area contributed by atoms with E-state index in [1.165, 1.54) is 25.9 Å². The van der Waals surface area contributed by atoms with Crippen molar-refractivity contribution < 1.29 is 9.90 Å². The minimum atomic E-state index is -1.13. The number of hydrogen-bond acceptors (Lipinski definition) is 4.